The van der Waals surface area contributed by atoms with Gasteiger partial charge in [-0.25, -0.2) is 4.98 Å². The van der Waals surface area contributed by atoms with Crippen molar-refractivity contribution in [3.63, 3.8) is 0 Å². The van der Waals surface area contributed by atoms with Crippen molar-refractivity contribution >= 4 is 22.9 Å². The zero-order valence-electron chi connectivity index (χ0n) is 13.8. The van der Waals surface area contributed by atoms with Crippen molar-refractivity contribution in [1.29, 1.82) is 0 Å². The van der Waals surface area contributed by atoms with Gasteiger partial charge in [-0.05, 0) is 44.4 Å². The van der Waals surface area contributed by atoms with E-state index in [9.17, 15) is 14.7 Å². The molecule has 1 atom stereocenters. The standard InChI is InChI=1S/C16H19N3O4.K/c1-16(6-7-20,15(22)23)18-14(21)10-2-5-12-13(8-10)19(9-17-12)11-3-4-11;/h2,5,8-9,11,20H,3-4,6-7H2,1H3,(H,18,21)(H,22,23);/q;+1/p-1. The van der Waals surface area contributed by atoms with Gasteiger partial charge in [-0.2, -0.15) is 0 Å². The number of aromatic nitrogens is 2. The molecule has 1 aromatic heterocycles. The second kappa shape index (κ2) is 7.63. The van der Waals surface area contributed by atoms with Gasteiger partial charge in [0, 0.05) is 18.2 Å². The van der Waals surface area contributed by atoms with E-state index in [1.54, 1.807) is 24.5 Å². The number of fused-ring (bicyclic) bond motifs is 1. The van der Waals surface area contributed by atoms with Crippen molar-refractivity contribution in [3.8, 4) is 0 Å². The van der Waals surface area contributed by atoms with E-state index in [4.69, 9.17) is 5.11 Å². The van der Waals surface area contributed by atoms with Crippen LogP contribution in [0.5, 0.6) is 0 Å². The topological polar surface area (TPSA) is 107 Å². The number of aliphatic hydroxyl groups excluding tert-OH is 1. The first kappa shape index (κ1) is 19.5. The molecule has 0 bridgehead atoms. The number of carboxylic acid groups (broad SMARTS) is 1. The molecule has 0 saturated heterocycles. The Kier molecular flexibility index (Phi) is 6.22. The van der Waals surface area contributed by atoms with E-state index in [-0.39, 0.29) is 64.4 Å². The summed E-state index contributed by atoms with van der Waals surface area (Å²) in [6.07, 6.45) is 3.84. The zero-order chi connectivity index (χ0) is 16.6. The van der Waals surface area contributed by atoms with Gasteiger partial charge < -0.3 is 24.9 Å². The maximum absolute atomic E-state index is 12.4. The van der Waals surface area contributed by atoms with Crippen LogP contribution in [0.2, 0.25) is 0 Å². The summed E-state index contributed by atoms with van der Waals surface area (Å²) in [6, 6.07) is 5.49. The van der Waals surface area contributed by atoms with E-state index >= 15 is 0 Å². The van der Waals surface area contributed by atoms with E-state index in [0.29, 0.717) is 11.6 Å². The Morgan fingerprint density at radius 2 is 2.17 bits per heavy atom. The van der Waals surface area contributed by atoms with Gasteiger partial charge in [0.1, 0.15) is 0 Å². The quantitative estimate of drug-likeness (QED) is 0.537. The summed E-state index contributed by atoms with van der Waals surface area (Å²) in [5.41, 5.74) is 0.395. The largest absolute Gasteiger partial charge is 1.00 e. The number of nitrogens with zero attached hydrogens (tertiary/aromatic N) is 2. The Morgan fingerprint density at radius 1 is 1.46 bits per heavy atom. The number of hydrogen-bond donors (Lipinski definition) is 2. The predicted octanol–water partition coefficient (Wildman–Crippen LogP) is -3.00. The van der Waals surface area contributed by atoms with Gasteiger partial charge in [-0.15, -0.1) is 0 Å². The van der Waals surface area contributed by atoms with Gasteiger partial charge in [0.2, 0.25) is 0 Å². The molecule has 1 amide bonds. The summed E-state index contributed by atoms with van der Waals surface area (Å²) in [5, 5.41) is 22.7. The van der Waals surface area contributed by atoms with Crippen molar-refractivity contribution < 1.29 is 71.2 Å². The number of amides is 1. The third kappa shape index (κ3) is 3.89. The SMILES string of the molecule is CC(CCO)(NC(=O)c1ccc2ncn(C3CC3)c2c1)C(=O)[O-].[K+]. The smallest absolute Gasteiger partial charge is 0.548 e. The molecular formula is C16H18KN3O4. The van der Waals surface area contributed by atoms with E-state index in [0.717, 1.165) is 23.9 Å². The fraction of sp³-hybridized carbons (Fsp3) is 0.438. The van der Waals surface area contributed by atoms with Gasteiger partial charge in [0.25, 0.3) is 5.91 Å². The van der Waals surface area contributed by atoms with Crippen LogP contribution in [0.3, 0.4) is 0 Å². The number of benzene rings is 1. The molecule has 1 aromatic carbocycles. The molecular weight excluding hydrogens is 337 g/mol. The Bertz CT molecular complexity index is 772. The van der Waals surface area contributed by atoms with Crippen molar-refractivity contribution in [2.24, 2.45) is 0 Å². The fourth-order valence-corrected chi connectivity index (χ4v) is 2.57. The molecule has 1 heterocycles. The van der Waals surface area contributed by atoms with Crippen molar-refractivity contribution in [1.82, 2.24) is 14.9 Å². The zero-order valence-corrected chi connectivity index (χ0v) is 16.9. The number of hydrogen-bond acceptors (Lipinski definition) is 5. The maximum Gasteiger partial charge on any atom is 1.00 e. The molecule has 1 saturated carbocycles. The summed E-state index contributed by atoms with van der Waals surface area (Å²) in [5.74, 6) is -1.94. The van der Waals surface area contributed by atoms with Crippen LogP contribution in [-0.2, 0) is 4.79 Å². The van der Waals surface area contributed by atoms with Crippen LogP contribution < -0.4 is 61.8 Å². The molecule has 122 valence electrons. The second-order valence-corrected chi connectivity index (χ2v) is 6.13. The molecule has 1 fully saturated rings. The molecule has 0 radical (unpaired) electrons. The predicted molar refractivity (Wildman–Crippen MR) is 80.6 cm³/mol. The summed E-state index contributed by atoms with van der Waals surface area (Å²) >= 11 is 0. The average molecular weight is 355 g/mol. The molecule has 2 aromatic rings. The molecule has 24 heavy (non-hydrogen) atoms. The monoisotopic (exact) mass is 355 g/mol. The molecule has 1 aliphatic carbocycles. The first-order valence-electron chi connectivity index (χ1n) is 7.56. The molecule has 0 spiro atoms. The Hall–Kier alpha value is -0.774. The minimum absolute atomic E-state index is 0. The molecule has 3 rings (SSSR count). The van der Waals surface area contributed by atoms with E-state index in [2.05, 4.69) is 10.3 Å². The Morgan fingerprint density at radius 3 is 2.75 bits per heavy atom. The summed E-state index contributed by atoms with van der Waals surface area (Å²) in [6.45, 7) is 0.960. The van der Waals surface area contributed by atoms with Crippen LogP contribution in [0.25, 0.3) is 11.0 Å². The number of imidazole rings is 1. The molecule has 7 nitrogen and oxygen atoms in total. The fourth-order valence-electron chi connectivity index (χ4n) is 2.57. The van der Waals surface area contributed by atoms with Crippen LogP contribution in [0.1, 0.15) is 42.6 Å². The van der Waals surface area contributed by atoms with Crippen LogP contribution in [0.15, 0.2) is 24.5 Å². The van der Waals surface area contributed by atoms with Gasteiger partial charge in [-0.3, -0.25) is 4.79 Å². The van der Waals surface area contributed by atoms with Gasteiger partial charge >= 0.3 is 51.4 Å². The molecule has 1 unspecified atom stereocenters. The number of rotatable bonds is 6. The third-order valence-corrected chi connectivity index (χ3v) is 4.23. The Labute approximate surface area is 181 Å². The maximum atomic E-state index is 12.4. The van der Waals surface area contributed by atoms with Crippen LogP contribution >= 0.6 is 0 Å². The summed E-state index contributed by atoms with van der Waals surface area (Å²) in [7, 11) is 0. The minimum atomic E-state index is -1.61. The van der Waals surface area contributed by atoms with Crippen LogP contribution in [-0.4, -0.2) is 38.7 Å². The number of carbonyl (C=O) groups is 2. The Balaban J connectivity index is 0.00000208. The third-order valence-electron chi connectivity index (χ3n) is 4.23. The van der Waals surface area contributed by atoms with Gasteiger partial charge in [0.15, 0.2) is 0 Å². The second-order valence-electron chi connectivity index (χ2n) is 6.13. The van der Waals surface area contributed by atoms with E-state index < -0.39 is 17.4 Å². The van der Waals surface area contributed by atoms with Crippen LogP contribution in [0, 0.1) is 0 Å². The van der Waals surface area contributed by atoms with Gasteiger partial charge in [0.05, 0.1) is 28.9 Å². The van der Waals surface area contributed by atoms with Crippen molar-refractivity contribution in [2.75, 3.05) is 6.61 Å². The first-order valence-corrected chi connectivity index (χ1v) is 7.56. The number of aliphatic carboxylic acids is 1. The summed E-state index contributed by atoms with van der Waals surface area (Å²) in [4.78, 5) is 27.9. The number of aliphatic hydroxyl groups is 1. The minimum Gasteiger partial charge on any atom is -0.548 e. The van der Waals surface area contributed by atoms with Gasteiger partial charge in [-0.1, -0.05) is 0 Å². The normalized spacial score (nSPS) is 16.2. The number of nitrogens with one attached hydrogen (secondary N) is 1. The van der Waals surface area contributed by atoms with E-state index in [1.165, 1.54) is 6.92 Å². The first-order chi connectivity index (χ1) is 10.9. The molecule has 1 aliphatic rings. The van der Waals surface area contributed by atoms with Crippen molar-refractivity contribution in [2.45, 2.75) is 37.8 Å². The number of carboxylic acids is 1. The summed E-state index contributed by atoms with van der Waals surface area (Å²) < 4.78 is 2.04. The molecule has 8 heteroatoms. The van der Waals surface area contributed by atoms with Crippen molar-refractivity contribution in [3.05, 3.63) is 30.1 Å². The number of carbonyl (C=O) groups excluding carboxylic acids is 2. The molecule has 0 aliphatic heterocycles. The average Bonchev–Trinajstić information content (AvgIpc) is 3.26. The molecule has 2 N–H and O–H groups in total. The van der Waals surface area contributed by atoms with E-state index in [1.807, 2.05) is 4.57 Å². The van der Waals surface area contributed by atoms with Crippen LogP contribution in [0.4, 0.5) is 0 Å².